The molecule has 0 atom stereocenters. The lowest BCUT2D eigenvalue weighted by Gasteiger charge is -2.25. The number of hydrogen-bond acceptors (Lipinski definition) is 6. The average Bonchev–Trinajstić information content (AvgIpc) is 3.16. The van der Waals surface area contributed by atoms with Gasteiger partial charge >= 0.3 is 6.18 Å². The first-order chi connectivity index (χ1) is 16.6. The zero-order valence-corrected chi connectivity index (χ0v) is 19.6. The molecule has 1 saturated heterocycles. The topological polar surface area (TPSA) is 86.6 Å². The molecular formula is C25H25F3N4O3. The van der Waals surface area contributed by atoms with Crippen molar-refractivity contribution in [3.05, 3.63) is 65.4 Å². The number of aryl methyl sites for hydroxylation is 1. The summed E-state index contributed by atoms with van der Waals surface area (Å²) < 4.78 is 40.3. The zero-order chi connectivity index (χ0) is 25.9. The molecule has 184 valence electrons. The number of rotatable bonds is 5. The number of benzene rings is 2. The summed E-state index contributed by atoms with van der Waals surface area (Å²) >= 11 is 0. The van der Waals surface area contributed by atoms with Crippen LogP contribution in [0.5, 0.6) is 0 Å². The van der Waals surface area contributed by atoms with E-state index < -0.39 is 11.7 Å². The van der Waals surface area contributed by atoms with E-state index in [1.807, 2.05) is 0 Å². The monoisotopic (exact) mass is 486 g/mol. The molecule has 2 aromatic carbocycles. The summed E-state index contributed by atoms with van der Waals surface area (Å²) in [7, 11) is 2.70. The average molecular weight is 486 g/mol. The van der Waals surface area contributed by atoms with Crippen molar-refractivity contribution < 1.29 is 27.9 Å². The number of aliphatic hydroxyl groups excluding tert-OH is 1. The molecule has 4 rings (SSSR count). The van der Waals surface area contributed by atoms with Gasteiger partial charge in [-0.3, -0.25) is 9.59 Å². The maximum Gasteiger partial charge on any atom is 0.416 e. The smallest absolute Gasteiger partial charge is 0.400 e. The SMILES string of the molecule is C=Cc1c(N(C)Cc2ccccc2C(F)(F)F)ccc2nc(N3C(=O)CCC3=O)nc(C)c12.CO. The van der Waals surface area contributed by atoms with Crippen molar-refractivity contribution in [1.82, 2.24) is 9.97 Å². The van der Waals surface area contributed by atoms with E-state index in [2.05, 4.69) is 16.5 Å². The van der Waals surface area contributed by atoms with Gasteiger partial charge in [0.25, 0.3) is 0 Å². The normalized spacial score (nSPS) is 13.6. The van der Waals surface area contributed by atoms with Crippen LogP contribution in [0.3, 0.4) is 0 Å². The van der Waals surface area contributed by atoms with Crippen molar-refractivity contribution in [2.75, 3.05) is 24.0 Å². The molecule has 7 nitrogen and oxygen atoms in total. The summed E-state index contributed by atoms with van der Waals surface area (Å²) in [6.45, 7) is 5.63. The number of carbonyl (C=O) groups is 2. The Labute approximate surface area is 200 Å². The Morgan fingerprint density at radius 1 is 1.09 bits per heavy atom. The van der Waals surface area contributed by atoms with Crippen LogP contribution in [0.1, 0.15) is 35.2 Å². The van der Waals surface area contributed by atoms with Gasteiger partial charge in [-0.1, -0.05) is 30.9 Å². The van der Waals surface area contributed by atoms with E-state index in [-0.39, 0.29) is 42.7 Å². The van der Waals surface area contributed by atoms with Crippen LogP contribution in [0.4, 0.5) is 24.8 Å². The molecule has 0 bridgehead atoms. The van der Waals surface area contributed by atoms with Crippen LogP contribution in [0.15, 0.2) is 43.0 Å². The Bertz CT molecular complexity index is 1270. The Balaban J connectivity index is 0.00000167. The van der Waals surface area contributed by atoms with E-state index in [0.29, 0.717) is 27.8 Å². The molecule has 0 aliphatic carbocycles. The van der Waals surface area contributed by atoms with Gasteiger partial charge in [0.2, 0.25) is 17.8 Å². The Hall–Kier alpha value is -3.79. The zero-order valence-electron chi connectivity index (χ0n) is 19.6. The largest absolute Gasteiger partial charge is 0.416 e. The highest BCUT2D eigenvalue weighted by Gasteiger charge is 2.34. The second kappa shape index (κ2) is 10.2. The van der Waals surface area contributed by atoms with E-state index in [0.717, 1.165) is 18.1 Å². The van der Waals surface area contributed by atoms with Crippen molar-refractivity contribution in [2.24, 2.45) is 0 Å². The van der Waals surface area contributed by atoms with Gasteiger partial charge in [0.15, 0.2) is 0 Å². The quantitative estimate of drug-likeness (QED) is 0.535. The number of hydrogen-bond donors (Lipinski definition) is 1. The van der Waals surface area contributed by atoms with E-state index in [1.165, 1.54) is 12.1 Å². The number of alkyl halides is 3. The lowest BCUT2D eigenvalue weighted by atomic mass is 10.0. The molecule has 1 aliphatic rings. The van der Waals surface area contributed by atoms with Gasteiger partial charge < -0.3 is 10.0 Å². The van der Waals surface area contributed by atoms with Crippen LogP contribution in [-0.4, -0.2) is 41.0 Å². The maximum absolute atomic E-state index is 13.4. The van der Waals surface area contributed by atoms with Gasteiger partial charge in [-0.15, -0.1) is 0 Å². The highest BCUT2D eigenvalue weighted by Crippen LogP contribution is 2.35. The fraction of sp³-hybridized carbons (Fsp3) is 0.280. The lowest BCUT2D eigenvalue weighted by molar-refractivity contribution is -0.138. The van der Waals surface area contributed by atoms with Crippen molar-refractivity contribution in [3.63, 3.8) is 0 Å². The first kappa shape index (κ1) is 25.8. The maximum atomic E-state index is 13.4. The summed E-state index contributed by atoms with van der Waals surface area (Å²) in [5.41, 5.74) is 1.82. The van der Waals surface area contributed by atoms with Crippen LogP contribution < -0.4 is 9.80 Å². The third kappa shape index (κ3) is 5.02. The Kier molecular flexibility index (Phi) is 7.54. The van der Waals surface area contributed by atoms with Crippen LogP contribution in [0, 0.1) is 6.92 Å². The minimum atomic E-state index is -4.45. The lowest BCUT2D eigenvalue weighted by Crippen LogP contribution is -2.30. The Morgan fingerprint density at radius 2 is 1.71 bits per heavy atom. The van der Waals surface area contributed by atoms with Crippen LogP contribution in [0.25, 0.3) is 17.0 Å². The number of anilines is 2. The number of halogens is 3. The summed E-state index contributed by atoms with van der Waals surface area (Å²) in [4.78, 5) is 35.7. The van der Waals surface area contributed by atoms with Crippen molar-refractivity contribution in [2.45, 2.75) is 32.5 Å². The van der Waals surface area contributed by atoms with Gasteiger partial charge in [-0.05, 0) is 30.7 Å². The number of carbonyl (C=O) groups excluding carboxylic acids is 2. The van der Waals surface area contributed by atoms with Crippen molar-refractivity contribution in [1.29, 1.82) is 0 Å². The third-order valence-electron chi connectivity index (χ3n) is 5.65. The van der Waals surface area contributed by atoms with Crippen LogP contribution in [-0.2, 0) is 22.3 Å². The molecule has 10 heteroatoms. The second-order valence-electron chi connectivity index (χ2n) is 7.84. The standard InChI is InChI=1S/C24H21F3N4O2.CH4O/c1-4-16-19(30(3)13-15-7-5-6-8-17(15)24(25,26)27)10-9-18-22(16)14(2)28-23(29-18)31-20(32)11-12-21(31)33;1-2/h4-10H,1,11-13H2,2-3H3;2H,1H3. The number of fused-ring (bicyclic) bond motifs is 1. The second-order valence-corrected chi connectivity index (χ2v) is 7.84. The summed E-state index contributed by atoms with van der Waals surface area (Å²) in [6, 6.07) is 8.91. The molecule has 3 aromatic rings. The predicted molar refractivity (Wildman–Crippen MR) is 128 cm³/mol. The summed E-state index contributed by atoms with van der Waals surface area (Å²) in [5, 5.41) is 7.65. The minimum Gasteiger partial charge on any atom is -0.400 e. The van der Waals surface area contributed by atoms with Gasteiger partial charge in [-0.25, -0.2) is 14.9 Å². The third-order valence-corrected chi connectivity index (χ3v) is 5.65. The van der Waals surface area contributed by atoms with Gasteiger partial charge in [-0.2, -0.15) is 13.2 Å². The number of nitrogens with zero attached hydrogens (tertiary/aromatic N) is 4. The fourth-order valence-electron chi connectivity index (χ4n) is 4.12. The molecule has 2 heterocycles. The first-order valence-electron chi connectivity index (χ1n) is 10.7. The molecule has 0 unspecified atom stereocenters. The molecular weight excluding hydrogens is 461 g/mol. The fourth-order valence-corrected chi connectivity index (χ4v) is 4.12. The molecule has 1 aromatic heterocycles. The number of imide groups is 1. The van der Waals surface area contributed by atoms with E-state index in [9.17, 15) is 22.8 Å². The number of aromatic nitrogens is 2. The van der Waals surface area contributed by atoms with E-state index in [1.54, 1.807) is 43.1 Å². The molecule has 1 fully saturated rings. The van der Waals surface area contributed by atoms with E-state index >= 15 is 0 Å². The molecule has 1 N–H and O–H groups in total. The Morgan fingerprint density at radius 3 is 2.31 bits per heavy atom. The van der Waals surface area contributed by atoms with Gasteiger partial charge in [0.05, 0.1) is 16.8 Å². The van der Waals surface area contributed by atoms with Crippen LogP contribution in [0.2, 0.25) is 0 Å². The highest BCUT2D eigenvalue weighted by molar-refractivity contribution is 6.19. The molecule has 35 heavy (non-hydrogen) atoms. The molecule has 0 saturated carbocycles. The molecule has 2 amide bonds. The molecule has 0 radical (unpaired) electrons. The van der Waals surface area contributed by atoms with Crippen molar-refractivity contribution >= 4 is 40.4 Å². The minimum absolute atomic E-state index is 0.0246. The number of aliphatic hydroxyl groups is 1. The molecule has 0 spiro atoms. The predicted octanol–water partition coefficient (Wildman–Crippen LogP) is 4.50. The highest BCUT2D eigenvalue weighted by atomic mass is 19.4. The summed E-state index contributed by atoms with van der Waals surface area (Å²) in [5.74, 6) is -0.660. The molecule has 1 aliphatic heterocycles. The first-order valence-corrected chi connectivity index (χ1v) is 10.7. The van der Waals surface area contributed by atoms with Gasteiger partial charge in [0, 0.05) is 50.2 Å². The van der Waals surface area contributed by atoms with Crippen LogP contribution >= 0.6 is 0 Å². The van der Waals surface area contributed by atoms with Gasteiger partial charge in [0.1, 0.15) is 0 Å². The number of amides is 2. The van der Waals surface area contributed by atoms with Crippen molar-refractivity contribution in [3.8, 4) is 0 Å². The summed E-state index contributed by atoms with van der Waals surface area (Å²) in [6.07, 6.45) is -2.60. The van der Waals surface area contributed by atoms with E-state index in [4.69, 9.17) is 5.11 Å².